The molecule has 0 aliphatic heterocycles. The molecule has 2 heteroatoms. The Bertz CT molecular complexity index is 481. The van der Waals surface area contributed by atoms with Gasteiger partial charge >= 0.3 is 0 Å². The van der Waals surface area contributed by atoms with Crippen LogP contribution in [-0.2, 0) is 6.42 Å². The summed E-state index contributed by atoms with van der Waals surface area (Å²) in [6.07, 6.45) is 13.5. The van der Waals surface area contributed by atoms with Crippen molar-refractivity contribution in [3.8, 4) is 0 Å². The number of rotatable bonds is 5. The standard InChI is InChI=1S/C20H32N2/c1-3-8-16-13-14-19(21)15(2)20(16)22(17-9-4-5-10-17)18-11-6-7-12-18/h13-14,17-18H,3-12,21H2,1-2H3. The fraction of sp³-hybridized carbons (Fsp3) is 0.700. The molecule has 2 saturated carbocycles. The molecule has 22 heavy (non-hydrogen) atoms. The van der Waals surface area contributed by atoms with Gasteiger partial charge in [0.2, 0.25) is 0 Å². The number of nitrogens with zero attached hydrogens (tertiary/aromatic N) is 1. The van der Waals surface area contributed by atoms with Crippen LogP contribution < -0.4 is 10.6 Å². The highest BCUT2D eigenvalue weighted by Gasteiger charge is 2.32. The van der Waals surface area contributed by atoms with E-state index >= 15 is 0 Å². The lowest BCUT2D eigenvalue weighted by Crippen LogP contribution is -2.42. The van der Waals surface area contributed by atoms with Crippen molar-refractivity contribution in [1.29, 1.82) is 0 Å². The summed E-state index contributed by atoms with van der Waals surface area (Å²) >= 11 is 0. The predicted molar refractivity (Wildman–Crippen MR) is 96.6 cm³/mol. The third-order valence-corrected chi connectivity index (χ3v) is 5.77. The van der Waals surface area contributed by atoms with Crippen molar-refractivity contribution < 1.29 is 0 Å². The van der Waals surface area contributed by atoms with Crippen LogP contribution in [0.15, 0.2) is 12.1 Å². The molecule has 0 heterocycles. The largest absolute Gasteiger partial charge is 0.398 e. The van der Waals surface area contributed by atoms with Gasteiger partial charge in [0.25, 0.3) is 0 Å². The van der Waals surface area contributed by atoms with E-state index in [1.54, 1.807) is 0 Å². The first-order valence-electron chi connectivity index (χ1n) is 9.38. The zero-order valence-corrected chi connectivity index (χ0v) is 14.4. The number of anilines is 2. The molecule has 3 rings (SSSR count). The van der Waals surface area contributed by atoms with E-state index in [9.17, 15) is 0 Å². The average Bonchev–Trinajstić information content (AvgIpc) is 3.20. The monoisotopic (exact) mass is 300 g/mol. The van der Waals surface area contributed by atoms with E-state index in [-0.39, 0.29) is 0 Å². The second kappa shape index (κ2) is 6.93. The smallest absolute Gasteiger partial charge is 0.0454 e. The van der Waals surface area contributed by atoms with Crippen LogP contribution in [0.2, 0.25) is 0 Å². The molecule has 122 valence electrons. The van der Waals surface area contributed by atoms with Gasteiger partial charge in [0.1, 0.15) is 0 Å². The van der Waals surface area contributed by atoms with Gasteiger partial charge in [-0.2, -0.15) is 0 Å². The molecular formula is C20H32N2. The van der Waals surface area contributed by atoms with Crippen molar-refractivity contribution in [1.82, 2.24) is 0 Å². The molecule has 0 unspecified atom stereocenters. The van der Waals surface area contributed by atoms with Gasteiger partial charge in [-0.1, -0.05) is 45.1 Å². The Morgan fingerprint density at radius 1 is 1.00 bits per heavy atom. The fourth-order valence-corrected chi connectivity index (χ4v) is 4.63. The average molecular weight is 300 g/mol. The molecule has 2 fully saturated rings. The Kier molecular flexibility index (Phi) is 4.95. The molecule has 2 nitrogen and oxygen atoms in total. The predicted octanol–water partition coefficient (Wildman–Crippen LogP) is 5.22. The van der Waals surface area contributed by atoms with Crippen LogP contribution in [-0.4, -0.2) is 12.1 Å². The highest BCUT2D eigenvalue weighted by atomic mass is 15.2. The second-order valence-corrected chi connectivity index (χ2v) is 7.32. The van der Waals surface area contributed by atoms with Crippen LogP contribution in [0.25, 0.3) is 0 Å². The number of benzene rings is 1. The number of nitrogens with two attached hydrogens (primary N) is 1. The second-order valence-electron chi connectivity index (χ2n) is 7.32. The molecule has 2 aliphatic rings. The van der Waals surface area contributed by atoms with E-state index in [0.29, 0.717) is 0 Å². The molecule has 2 aliphatic carbocycles. The topological polar surface area (TPSA) is 29.3 Å². The Hall–Kier alpha value is -1.18. The van der Waals surface area contributed by atoms with E-state index in [1.165, 1.54) is 81.0 Å². The molecule has 0 bridgehead atoms. The molecule has 0 saturated heterocycles. The Morgan fingerprint density at radius 2 is 1.55 bits per heavy atom. The van der Waals surface area contributed by atoms with Gasteiger partial charge in [0.15, 0.2) is 0 Å². The van der Waals surface area contributed by atoms with E-state index < -0.39 is 0 Å². The lowest BCUT2D eigenvalue weighted by Gasteiger charge is -2.39. The van der Waals surface area contributed by atoms with Crippen LogP contribution in [0, 0.1) is 6.92 Å². The summed E-state index contributed by atoms with van der Waals surface area (Å²) in [7, 11) is 0. The fourth-order valence-electron chi connectivity index (χ4n) is 4.63. The molecule has 0 atom stereocenters. The molecule has 0 radical (unpaired) electrons. The Labute approximate surface area is 136 Å². The first-order chi connectivity index (χ1) is 10.7. The maximum Gasteiger partial charge on any atom is 0.0454 e. The summed E-state index contributed by atoms with van der Waals surface area (Å²) in [5, 5.41) is 0. The third kappa shape index (κ3) is 2.98. The van der Waals surface area contributed by atoms with Gasteiger partial charge in [0, 0.05) is 23.5 Å². The molecule has 1 aromatic rings. The third-order valence-electron chi connectivity index (χ3n) is 5.77. The summed E-state index contributed by atoms with van der Waals surface area (Å²) in [6.45, 7) is 4.52. The van der Waals surface area contributed by atoms with Crippen LogP contribution >= 0.6 is 0 Å². The minimum atomic E-state index is 0.749. The highest BCUT2D eigenvalue weighted by molar-refractivity contribution is 5.69. The lowest BCUT2D eigenvalue weighted by atomic mass is 9.97. The molecule has 2 N–H and O–H groups in total. The minimum absolute atomic E-state index is 0.749. The van der Waals surface area contributed by atoms with Crippen LogP contribution in [0.1, 0.15) is 75.8 Å². The van der Waals surface area contributed by atoms with Crippen molar-refractivity contribution in [2.75, 3.05) is 10.6 Å². The minimum Gasteiger partial charge on any atom is -0.398 e. The van der Waals surface area contributed by atoms with E-state index in [1.807, 2.05) is 0 Å². The quantitative estimate of drug-likeness (QED) is 0.755. The van der Waals surface area contributed by atoms with Crippen LogP contribution in [0.5, 0.6) is 0 Å². The summed E-state index contributed by atoms with van der Waals surface area (Å²) in [5.41, 5.74) is 11.6. The van der Waals surface area contributed by atoms with E-state index in [2.05, 4.69) is 30.9 Å². The molecular weight excluding hydrogens is 268 g/mol. The zero-order chi connectivity index (χ0) is 15.5. The van der Waals surface area contributed by atoms with Gasteiger partial charge in [0.05, 0.1) is 0 Å². The maximum absolute atomic E-state index is 6.29. The van der Waals surface area contributed by atoms with Gasteiger partial charge < -0.3 is 10.6 Å². The molecule has 0 amide bonds. The number of nitrogen functional groups attached to an aromatic ring is 1. The summed E-state index contributed by atoms with van der Waals surface area (Å²) < 4.78 is 0. The van der Waals surface area contributed by atoms with Crippen molar-refractivity contribution in [3.63, 3.8) is 0 Å². The first-order valence-corrected chi connectivity index (χ1v) is 9.38. The van der Waals surface area contributed by atoms with E-state index in [0.717, 1.165) is 17.8 Å². The van der Waals surface area contributed by atoms with Crippen LogP contribution in [0.4, 0.5) is 11.4 Å². The summed E-state index contributed by atoms with van der Waals surface area (Å²) in [5.74, 6) is 0. The molecule has 0 aromatic heterocycles. The number of hydrogen-bond donors (Lipinski definition) is 1. The number of hydrogen-bond acceptors (Lipinski definition) is 2. The van der Waals surface area contributed by atoms with Crippen molar-refractivity contribution >= 4 is 11.4 Å². The Balaban J connectivity index is 2.03. The van der Waals surface area contributed by atoms with Crippen LogP contribution in [0.3, 0.4) is 0 Å². The zero-order valence-electron chi connectivity index (χ0n) is 14.4. The maximum atomic E-state index is 6.29. The van der Waals surface area contributed by atoms with Crippen molar-refractivity contribution in [2.45, 2.75) is 90.1 Å². The summed E-state index contributed by atoms with van der Waals surface area (Å²) in [6, 6.07) is 5.90. The van der Waals surface area contributed by atoms with Crippen molar-refractivity contribution in [3.05, 3.63) is 23.3 Å². The van der Waals surface area contributed by atoms with Gasteiger partial charge in [-0.05, 0) is 56.2 Å². The summed E-state index contributed by atoms with van der Waals surface area (Å²) in [4.78, 5) is 2.83. The Morgan fingerprint density at radius 3 is 2.05 bits per heavy atom. The highest BCUT2D eigenvalue weighted by Crippen LogP contribution is 2.40. The van der Waals surface area contributed by atoms with Gasteiger partial charge in [-0.25, -0.2) is 0 Å². The molecule has 0 spiro atoms. The molecule has 1 aromatic carbocycles. The first kappa shape index (κ1) is 15.7. The normalized spacial score (nSPS) is 19.9. The van der Waals surface area contributed by atoms with E-state index in [4.69, 9.17) is 5.73 Å². The number of aryl methyl sites for hydroxylation is 1. The van der Waals surface area contributed by atoms with Gasteiger partial charge in [-0.3, -0.25) is 0 Å². The van der Waals surface area contributed by atoms with Gasteiger partial charge in [-0.15, -0.1) is 0 Å². The SMILES string of the molecule is CCCc1ccc(N)c(C)c1N(C1CCCC1)C1CCCC1. The van der Waals surface area contributed by atoms with Crippen molar-refractivity contribution in [2.24, 2.45) is 0 Å². The lowest BCUT2D eigenvalue weighted by molar-refractivity contribution is 0.511.